The van der Waals surface area contributed by atoms with Gasteiger partial charge in [-0.3, -0.25) is 9.48 Å². The Labute approximate surface area is 123 Å². The van der Waals surface area contributed by atoms with Crippen LogP contribution in [0.2, 0.25) is 0 Å². The number of amides is 1. The largest absolute Gasteiger partial charge is 0.435 e. The van der Waals surface area contributed by atoms with Crippen molar-refractivity contribution in [3.05, 3.63) is 47.0 Å². The zero-order valence-corrected chi connectivity index (χ0v) is 11.8. The zero-order chi connectivity index (χ0) is 16.5. The second-order valence-electron chi connectivity index (χ2n) is 4.86. The molecule has 1 aromatic heterocycles. The minimum atomic E-state index is -4.57. The molecule has 8 heteroatoms. The molecule has 2 aromatic rings. The number of rotatable bonds is 3. The SMILES string of the molecule is Cc1ccc(F)c(NC(=O)Cn2nc(C(F)(F)F)cc2C)c1. The van der Waals surface area contributed by atoms with Gasteiger partial charge in [-0.05, 0) is 37.6 Å². The predicted octanol–water partition coefficient (Wildman–Crippen LogP) is 3.30. The fraction of sp³-hybridized carbons (Fsp3) is 0.286. The first-order valence-electron chi connectivity index (χ1n) is 6.34. The van der Waals surface area contributed by atoms with E-state index in [1.807, 2.05) is 0 Å². The van der Waals surface area contributed by atoms with Gasteiger partial charge in [0.25, 0.3) is 0 Å². The van der Waals surface area contributed by atoms with Crippen molar-refractivity contribution in [2.24, 2.45) is 0 Å². The Morgan fingerprint density at radius 3 is 2.55 bits per heavy atom. The van der Waals surface area contributed by atoms with Crippen LogP contribution < -0.4 is 5.32 Å². The molecule has 1 amide bonds. The first-order valence-corrected chi connectivity index (χ1v) is 6.34. The van der Waals surface area contributed by atoms with Gasteiger partial charge in [0.1, 0.15) is 12.4 Å². The van der Waals surface area contributed by atoms with E-state index in [0.717, 1.165) is 16.3 Å². The molecular formula is C14H13F4N3O. The fourth-order valence-electron chi connectivity index (χ4n) is 1.87. The molecule has 0 radical (unpaired) electrons. The highest BCUT2D eigenvalue weighted by Gasteiger charge is 2.34. The Morgan fingerprint density at radius 2 is 1.95 bits per heavy atom. The number of nitrogens with zero attached hydrogens (tertiary/aromatic N) is 2. The maximum absolute atomic E-state index is 13.5. The molecule has 0 aliphatic carbocycles. The number of aromatic nitrogens is 2. The third-order valence-electron chi connectivity index (χ3n) is 2.96. The third kappa shape index (κ3) is 3.63. The molecule has 0 aliphatic heterocycles. The Bertz CT molecular complexity index is 707. The van der Waals surface area contributed by atoms with Gasteiger partial charge in [0.15, 0.2) is 5.69 Å². The van der Waals surface area contributed by atoms with E-state index in [2.05, 4.69) is 10.4 Å². The molecule has 0 aliphatic rings. The molecule has 0 unspecified atom stereocenters. The highest BCUT2D eigenvalue weighted by molar-refractivity contribution is 5.90. The van der Waals surface area contributed by atoms with E-state index in [-0.39, 0.29) is 11.4 Å². The van der Waals surface area contributed by atoms with Crippen LogP contribution in [0.15, 0.2) is 24.3 Å². The van der Waals surface area contributed by atoms with Crippen LogP contribution in [0.5, 0.6) is 0 Å². The van der Waals surface area contributed by atoms with Crippen LogP contribution in [0.1, 0.15) is 17.0 Å². The average molecular weight is 315 g/mol. The normalized spacial score (nSPS) is 11.5. The summed E-state index contributed by atoms with van der Waals surface area (Å²) in [6.07, 6.45) is -4.57. The van der Waals surface area contributed by atoms with E-state index in [4.69, 9.17) is 0 Å². The minimum Gasteiger partial charge on any atom is -0.322 e. The van der Waals surface area contributed by atoms with Gasteiger partial charge >= 0.3 is 6.18 Å². The van der Waals surface area contributed by atoms with Crippen molar-refractivity contribution >= 4 is 11.6 Å². The van der Waals surface area contributed by atoms with Crippen LogP contribution in [-0.2, 0) is 17.5 Å². The lowest BCUT2D eigenvalue weighted by atomic mass is 10.2. The maximum Gasteiger partial charge on any atom is 0.435 e. The van der Waals surface area contributed by atoms with Crippen molar-refractivity contribution in [3.63, 3.8) is 0 Å². The lowest BCUT2D eigenvalue weighted by molar-refractivity contribution is -0.141. The summed E-state index contributed by atoms with van der Waals surface area (Å²) < 4.78 is 52.1. The van der Waals surface area contributed by atoms with E-state index >= 15 is 0 Å². The Balaban J connectivity index is 2.13. The third-order valence-corrected chi connectivity index (χ3v) is 2.96. The van der Waals surface area contributed by atoms with Crippen LogP contribution in [0.3, 0.4) is 0 Å². The van der Waals surface area contributed by atoms with E-state index in [0.29, 0.717) is 0 Å². The molecular weight excluding hydrogens is 302 g/mol. The zero-order valence-electron chi connectivity index (χ0n) is 11.8. The summed E-state index contributed by atoms with van der Waals surface area (Å²) in [6.45, 7) is 2.69. The summed E-state index contributed by atoms with van der Waals surface area (Å²) >= 11 is 0. The van der Waals surface area contributed by atoms with Gasteiger partial charge in [-0.2, -0.15) is 18.3 Å². The number of nitrogens with one attached hydrogen (secondary N) is 1. The van der Waals surface area contributed by atoms with Gasteiger partial charge in [0.2, 0.25) is 5.91 Å². The number of aryl methyl sites for hydroxylation is 2. The van der Waals surface area contributed by atoms with Crippen molar-refractivity contribution in [2.75, 3.05) is 5.32 Å². The van der Waals surface area contributed by atoms with Crippen molar-refractivity contribution < 1.29 is 22.4 Å². The van der Waals surface area contributed by atoms with E-state index in [1.165, 1.54) is 25.1 Å². The second kappa shape index (κ2) is 5.78. The van der Waals surface area contributed by atoms with Crippen LogP contribution in [0.25, 0.3) is 0 Å². The molecule has 0 spiro atoms. The Morgan fingerprint density at radius 1 is 1.27 bits per heavy atom. The molecule has 0 saturated carbocycles. The molecule has 22 heavy (non-hydrogen) atoms. The molecule has 0 bridgehead atoms. The smallest absolute Gasteiger partial charge is 0.322 e. The van der Waals surface area contributed by atoms with Gasteiger partial charge < -0.3 is 5.32 Å². The molecule has 1 heterocycles. The van der Waals surface area contributed by atoms with E-state index < -0.39 is 30.1 Å². The Kier molecular flexibility index (Phi) is 4.20. The number of carbonyl (C=O) groups excluding carboxylic acids is 1. The van der Waals surface area contributed by atoms with Crippen LogP contribution in [0.4, 0.5) is 23.2 Å². The second-order valence-corrected chi connectivity index (χ2v) is 4.86. The maximum atomic E-state index is 13.5. The standard InChI is InChI=1S/C14H13F4N3O/c1-8-3-4-10(15)11(5-8)19-13(22)7-21-9(2)6-12(20-21)14(16,17)18/h3-6H,7H2,1-2H3,(H,19,22). The Hall–Kier alpha value is -2.38. The van der Waals surface area contributed by atoms with Gasteiger partial charge in [0, 0.05) is 5.69 Å². The summed E-state index contributed by atoms with van der Waals surface area (Å²) in [5.74, 6) is -1.28. The average Bonchev–Trinajstić information content (AvgIpc) is 2.75. The highest BCUT2D eigenvalue weighted by Crippen LogP contribution is 2.28. The van der Waals surface area contributed by atoms with Crippen molar-refractivity contribution in [1.82, 2.24) is 9.78 Å². The molecule has 0 saturated heterocycles. The molecule has 2 rings (SSSR count). The van der Waals surface area contributed by atoms with Gasteiger partial charge in [0.05, 0.1) is 5.69 Å². The first-order chi connectivity index (χ1) is 10.2. The quantitative estimate of drug-likeness (QED) is 0.884. The van der Waals surface area contributed by atoms with Gasteiger partial charge in [-0.15, -0.1) is 0 Å². The molecule has 4 nitrogen and oxygen atoms in total. The summed E-state index contributed by atoms with van der Waals surface area (Å²) in [5.41, 5.74) is -0.163. The number of halogens is 4. The van der Waals surface area contributed by atoms with Crippen LogP contribution in [-0.4, -0.2) is 15.7 Å². The minimum absolute atomic E-state index is 0.0224. The predicted molar refractivity (Wildman–Crippen MR) is 71.7 cm³/mol. The van der Waals surface area contributed by atoms with E-state index in [1.54, 1.807) is 6.92 Å². The summed E-state index contributed by atoms with van der Waals surface area (Å²) in [5, 5.41) is 5.66. The summed E-state index contributed by atoms with van der Waals surface area (Å²) in [4.78, 5) is 11.8. The van der Waals surface area contributed by atoms with Crippen LogP contribution in [0, 0.1) is 19.7 Å². The number of anilines is 1. The number of alkyl halides is 3. The number of benzene rings is 1. The summed E-state index contributed by atoms with van der Waals surface area (Å²) in [6, 6.07) is 5.02. The fourth-order valence-corrected chi connectivity index (χ4v) is 1.87. The molecule has 0 atom stereocenters. The monoisotopic (exact) mass is 315 g/mol. The van der Waals surface area contributed by atoms with Crippen molar-refractivity contribution in [3.8, 4) is 0 Å². The molecule has 118 valence electrons. The topological polar surface area (TPSA) is 46.9 Å². The van der Waals surface area contributed by atoms with Gasteiger partial charge in [-0.25, -0.2) is 4.39 Å². The lowest BCUT2D eigenvalue weighted by Gasteiger charge is -2.08. The molecule has 1 aromatic carbocycles. The number of hydrogen-bond donors (Lipinski definition) is 1. The molecule has 0 fully saturated rings. The lowest BCUT2D eigenvalue weighted by Crippen LogP contribution is -2.21. The van der Waals surface area contributed by atoms with E-state index in [9.17, 15) is 22.4 Å². The summed E-state index contributed by atoms with van der Waals surface area (Å²) in [7, 11) is 0. The number of carbonyl (C=O) groups is 1. The first kappa shape index (κ1) is 16.0. The van der Waals surface area contributed by atoms with Gasteiger partial charge in [-0.1, -0.05) is 6.07 Å². The van der Waals surface area contributed by atoms with Crippen molar-refractivity contribution in [1.29, 1.82) is 0 Å². The van der Waals surface area contributed by atoms with Crippen molar-refractivity contribution in [2.45, 2.75) is 26.6 Å². The molecule has 1 N–H and O–H groups in total. The van der Waals surface area contributed by atoms with Crippen LogP contribution >= 0.6 is 0 Å². The highest BCUT2D eigenvalue weighted by atomic mass is 19.4. The number of hydrogen-bond acceptors (Lipinski definition) is 2.